The summed E-state index contributed by atoms with van der Waals surface area (Å²) in [5.41, 5.74) is 2.35. The van der Waals surface area contributed by atoms with E-state index in [4.69, 9.17) is 0 Å². The first-order chi connectivity index (χ1) is 9.21. The van der Waals surface area contributed by atoms with Crippen molar-refractivity contribution in [3.05, 3.63) is 24.3 Å². The molecule has 0 saturated heterocycles. The van der Waals surface area contributed by atoms with Gasteiger partial charge in [0, 0.05) is 31.4 Å². The Morgan fingerprint density at radius 2 is 1.74 bits per heavy atom. The summed E-state index contributed by atoms with van der Waals surface area (Å²) in [5.74, 6) is 0.912. The maximum Gasteiger partial charge on any atom is 0.190 e. The number of aromatic nitrogens is 3. The topological polar surface area (TPSA) is 34.0 Å². The van der Waals surface area contributed by atoms with Gasteiger partial charge in [0.15, 0.2) is 11.0 Å². The lowest BCUT2D eigenvalue weighted by Crippen LogP contribution is -2.21. The molecule has 0 saturated carbocycles. The number of rotatable bonds is 5. The minimum absolute atomic E-state index is 0.912. The number of thioether (sulfide) groups is 1. The van der Waals surface area contributed by atoms with Gasteiger partial charge in [-0.15, -0.1) is 10.2 Å². The first-order valence-electron chi connectivity index (χ1n) is 6.50. The standard InChI is InChI=1S/C14H20N4S/c1-5-18(6-2)12-9-7-11(8-10-12)13-15-16-14(19-4)17(13)3/h7-10H,5-6H2,1-4H3. The van der Waals surface area contributed by atoms with E-state index in [1.807, 2.05) is 17.9 Å². The lowest BCUT2D eigenvalue weighted by Gasteiger charge is -2.21. The van der Waals surface area contributed by atoms with Gasteiger partial charge in [-0.2, -0.15) is 0 Å². The fraction of sp³-hybridized carbons (Fsp3) is 0.429. The van der Waals surface area contributed by atoms with Gasteiger partial charge >= 0.3 is 0 Å². The van der Waals surface area contributed by atoms with E-state index in [-0.39, 0.29) is 0 Å². The molecule has 1 aromatic carbocycles. The van der Waals surface area contributed by atoms with Gasteiger partial charge in [0.25, 0.3) is 0 Å². The second kappa shape index (κ2) is 6.10. The van der Waals surface area contributed by atoms with Crippen molar-refractivity contribution in [3.8, 4) is 11.4 Å². The van der Waals surface area contributed by atoms with Crippen LogP contribution in [0.15, 0.2) is 29.4 Å². The molecule has 0 unspecified atom stereocenters. The normalized spacial score (nSPS) is 10.7. The molecule has 0 aliphatic rings. The third-order valence-corrected chi connectivity index (χ3v) is 3.99. The summed E-state index contributed by atoms with van der Waals surface area (Å²) in [6, 6.07) is 8.52. The maximum absolute atomic E-state index is 4.25. The SMILES string of the molecule is CCN(CC)c1ccc(-c2nnc(SC)n2C)cc1. The molecule has 0 atom stereocenters. The van der Waals surface area contributed by atoms with Crippen LogP contribution in [-0.4, -0.2) is 34.1 Å². The van der Waals surface area contributed by atoms with Crippen LogP contribution in [0.2, 0.25) is 0 Å². The smallest absolute Gasteiger partial charge is 0.190 e. The predicted octanol–water partition coefficient (Wildman–Crippen LogP) is 3.05. The van der Waals surface area contributed by atoms with Crippen LogP contribution in [0.4, 0.5) is 5.69 Å². The van der Waals surface area contributed by atoms with Crippen molar-refractivity contribution in [2.24, 2.45) is 7.05 Å². The monoisotopic (exact) mass is 276 g/mol. The van der Waals surface area contributed by atoms with Crippen LogP contribution in [0.1, 0.15) is 13.8 Å². The lowest BCUT2D eigenvalue weighted by atomic mass is 10.2. The highest BCUT2D eigenvalue weighted by Gasteiger charge is 2.10. The Morgan fingerprint density at radius 3 is 2.21 bits per heavy atom. The minimum Gasteiger partial charge on any atom is -0.372 e. The van der Waals surface area contributed by atoms with Crippen molar-refractivity contribution >= 4 is 17.4 Å². The molecule has 0 bridgehead atoms. The van der Waals surface area contributed by atoms with E-state index < -0.39 is 0 Å². The largest absolute Gasteiger partial charge is 0.372 e. The fourth-order valence-electron chi connectivity index (χ4n) is 2.15. The summed E-state index contributed by atoms with van der Waals surface area (Å²) >= 11 is 1.61. The molecule has 0 fully saturated rings. The minimum atomic E-state index is 0.912. The van der Waals surface area contributed by atoms with Crippen molar-refractivity contribution in [2.45, 2.75) is 19.0 Å². The van der Waals surface area contributed by atoms with Crippen molar-refractivity contribution < 1.29 is 0 Å². The molecule has 0 aliphatic heterocycles. The zero-order valence-corrected chi connectivity index (χ0v) is 12.7. The molecule has 0 N–H and O–H groups in total. The molecule has 1 aromatic heterocycles. The Balaban J connectivity index is 2.29. The lowest BCUT2D eigenvalue weighted by molar-refractivity contribution is 0.795. The van der Waals surface area contributed by atoms with Crippen LogP contribution < -0.4 is 4.90 Å². The molecule has 1 heterocycles. The third-order valence-electron chi connectivity index (χ3n) is 3.27. The van der Waals surface area contributed by atoms with E-state index in [0.717, 1.165) is 29.6 Å². The fourth-order valence-corrected chi connectivity index (χ4v) is 2.64. The molecule has 0 amide bonds. The van der Waals surface area contributed by atoms with Crippen LogP contribution in [0.5, 0.6) is 0 Å². The van der Waals surface area contributed by atoms with Gasteiger partial charge in [-0.3, -0.25) is 0 Å². The van der Waals surface area contributed by atoms with Crippen molar-refractivity contribution in [3.63, 3.8) is 0 Å². The highest BCUT2D eigenvalue weighted by molar-refractivity contribution is 7.98. The van der Waals surface area contributed by atoms with Gasteiger partial charge in [0.05, 0.1) is 0 Å². The Labute approximate surface area is 118 Å². The van der Waals surface area contributed by atoms with Crippen LogP contribution in [-0.2, 0) is 7.05 Å². The summed E-state index contributed by atoms with van der Waals surface area (Å²) in [6.45, 7) is 6.39. The average Bonchev–Trinajstić information content (AvgIpc) is 2.82. The molecular weight excluding hydrogens is 256 g/mol. The Morgan fingerprint density at radius 1 is 1.11 bits per heavy atom. The summed E-state index contributed by atoms with van der Waals surface area (Å²) in [5, 5.41) is 9.35. The van der Waals surface area contributed by atoms with Crippen molar-refractivity contribution in [2.75, 3.05) is 24.2 Å². The second-order valence-electron chi connectivity index (χ2n) is 4.29. The molecule has 2 aromatic rings. The molecule has 0 radical (unpaired) electrons. The Bertz CT molecular complexity index is 529. The van der Waals surface area contributed by atoms with Gasteiger partial charge in [0.1, 0.15) is 0 Å². The first kappa shape index (κ1) is 13.9. The molecule has 0 aliphatic carbocycles. The average molecular weight is 276 g/mol. The van der Waals surface area contributed by atoms with Crippen molar-refractivity contribution in [1.82, 2.24) is 14.8 Å². The predicted molar refractivity (Wildman–Crippen MR) is 81.8 cm³/mol. The van der Waals surface area contributed by atoms with E-state index in [2.05, 4.69) is 53.2 Å². The third kappa shape index (κ3) is 2.76. The number of nitrogens with zero attached hydrogens (tertiary/aromatic N) is 4. The first-order valence-corrected chi connectivity index (χ1v) is 7.72. The second-order valence-corrected chi connectivity index (χ2v) is 5.06. The Hall–Kier alpha value is -1.49. The summed E-state index contributed by atoms with van der Waals surface area (Å²) in [6.07, 6.45) is 2.01. The Kier molecular flexibility index (Phi) is 4.47. The van der Waals surface area contributed by atoms with E-state index in [0.29, 0.717) is 0 Å². The van der Waals surface area contributed by atoms with Gasteiger partial charge in [-0.05, 0) is 44.4 Å². The molecule has 4 nitrogen and oxygen atoms in total. The number of benzene rings is 1. The molecule has 5 heteroatoms. The molecule has 2 rings (SSSR count). The number of hydrogen-bond acceptors (Lipinski definition) is 4. The van der Waals surface area contributed by atoms with Gasteiger partial charge < -0.3 is 9.47 Å². The maximum atomic E-state index is 4.25. The molecule has 0 spiro atoms. The number of hydrogen-bond donors (Lipinski definition) is 0. The molecular formula is C14H20N4S. The molecule has 102 valence electrons. The van der Waals surface area contributed by atoms with Crippen LogP contribution in [0.3, 0.4) is 0 Å². The zero-order valence-electron chi connectivity index (χ0n) is 11.9. The van der Waals surface area contributed by atoms with Crippen molar-refractivity contribution in [1.29, 1.82) is 0 Å². The zero-order chi connectivity index (χ0) is 13.8. The van der Waals surface area contributed by atoms with Gasteiger partial charge in [-0.1, -0.05) is 11.8 Å². The van der Waals surface area contributed by atoms with Crippen LogP contribution in [0, 0.1) is 0 Å². The quantitative estimate of drug-likeness (QED) is 0.786. The van der Waals surface area contributed by atoms with Crippen LogP contribution >= 0.6 is 11.8 Å². The highest BCUT2D eigenvalue weighted by Crippen LogP contribution is 2.23. The van der Waals surface area contributed by atoms with Gasteiger partial charge in [-0.25, -0.2) is 0 Å². The summed E-state index contributed by atoms with van der Waals surface area (Å²) in [4.78, 5) is 2.33. The highest BCUT2D eigenvalue weighted by atomic mass is 32.2. The van der Waals surface area contributed by atoms with E-state index >= 15 is 0 Å². The van der Waals surface area contributed by atoms with E-state index in [9.17, 15) is 0 Å². The summed E-state index contributed by atoms with van der Waals surface area (Å²) in [7, 11) is 2.00. The van der Waals surface area contributed by atoms with Crippen LogP contribution in [0.25, 0.3) is 11.4 Å². The van der Waals surface area contributed by atoms with Gasteiger partial charge in [0.2, 0.25) is 0 Å². The number of anilines is 1. The van der Waals surface area contributed by atoms with E-state index in [1.54, 1.807) is 11.8 Å². The molecule has 19 heavy (non-hydrogen) atoms. The summed E-state index contributed by atoms with van der Waals surface area (Å²) < 4.78 is 2.02. The van der Waals surface area contributed by atoms with E-state index in [1.165, 1.54) is 5.69 Å².